The maximum atomic E-state index is 8.00. The molecule has 0 aromatic rings. The maximum absolute atomic E-state index is 8.00. The summed E-state index contributed by atoms with van der Waals surface area (Å²) in [7, 11) is 0. The molecule has 0 aliphatic heterocycles. The number of hydrogen-bond acceptors (Lipinski definition) is 6. The molecule has 0 fully saturated rings. The van der Waals surface area contributed by atoms with E-state index < -0.39 is 0 Å². The summed E-state index contributed by atoms with van der Waals surface area (Å²) < 4.78 is 3.51. The first-order valence-corrected chi connectivity index (χ1v) is 11.6. The quantitative estimate of drug-likeness (QED) is 0.438. The van der Waals surface area contributed by atoms with Gasteiger partial charge in [-0.05, 0) is 0 Å². The van der Waals surface area contributed by atoms with Gasteiger partial charge in [-0.25, -0.2) is 0 Å². The van der Waals surface area contributed by atoms with Gasteiger partial charge in [-0.15, -0.1) is 0 Å². The molecule has 0 heterocycles. The molecule has 0 aromatic heterocycles. The van der Waals surface area contributed by atoms with Gasteiger partial charge in [0.1, 0.15) is 40.7 Å². The third-order valence-corrected chi connectivity index (χ3v) is 11.2. The van der Waals surface area contributed by atoms with Crippen LogP contribution in [0, 0.1) is 10.8 Å². The van der Waals surface area contributed by atoms with E-state index >= 15 is 0 Å². The van der Waals surface area contributed by atoms with Crippen LogP contribution in [-0.2, 0) is 47.3 Å². The molecule has 0 N–H and O–H groups in total. The molecule has 2 rings (SSSR count). The number of rotatable bonds is 2. The van der Waals surface area contributed by atoms with Gasteiger partial charge in [-0.1, -0.05) is 0 Å². The molecule has 0 aromatic carbocycles. The molecule has 0 atom stereocenters. The molecular weight excluding hydrogens is 504 g/mol. The van der Waals surface area contributed by atoms with Crippen LogP contribution >= 0.6 is 0 Å². The van der Waals surface area contributed by atoms with Crippen molar-refractivity contribution in [2.75, 3.05) is 0 Å². The van der Waals surface area contributed by atoms with E-state index in [1.54, 1.807) is 30.2 Å². The van der Waals surface area contributed by atoms with Crippen LogP contribution in [0.15, 0.2) is 41.4 Å². The van der Waals surface area contributed by atoms with Gasteiger partial charge < -0.3 is 28.8 Å². The minimum absolute atomic E-state index is 0.268. The normalized spacial score (nSPS) is 16.5. The SMILES string of the molecule is C=O.C=O.C=O.C=O.C=O.C=O.CC1=C(C)C(C)(C)[C]([Mo][C]2=C(C)C(C)=C(C)C2(C)C)=C1C. The fraction of sp³-hybridized carbons (Fsp3) is 0.462. The van der Waals surface area contributed by atoms with Gasteiger partial charge in [0.05, 0.1) is 0 Å². The molecule has 7 heteroatoms. The van der Waals surface area contributed by atoms with Crippen LogP contribution in [0.2, 0.25) is 0 Å². The first-order chi connectivity index (χ1) is 15.4. The zero-order chi connectivity index (χ0) is 28.3. The molecule has 188 valence electrons. The molecule has 0 saturated heterocycles. The standard InChI is InChI=1S/2C10H15.6CH2O.Mo/c2*1-7-6-10(4,5)9(3)8(7)2;6*1-2;/h2*1-5H3;6*1H2;. The molecule has 33 heavy (non-hydrogen) atoms. The van der Waals surface area contributed by atoms with Gasteiger partial charge >= 0.3 is 140 Å². The summed E-state index contributed by atoms with van der Waals surface area (Å²) in [6, 6.07) is 0. The van der Waals surface area contributed by atoms with Crippen LogP contribution in [0.4, 0.5) is 0 Å². The number of carbonyl (C=O) groups excluding carboxylic acids is 6. The molecule has 0 radical (unpaired) electrons. The molecular formula is C26H42MoO6. The Morgan fingerprint density at radius 3 is 0.727 bits per heavy atom. The zero-order valence-corrected chi connectivity index (χ0v) is 24.1. The van der Waals surface area contributed by atoms with Crippen molar-refractivity contribution >= 4 is 40.7 Å². The van der Waals surface area contributed by atoms with Crippen LogP contribution in [0.25, 0.3) is 0 Å². The molecule has 2 aliphatic carbocycles. The molecule has 0 spiro atoms. The average molecular weight is 547 g/mol. The van der Waals surface area contributed by atoms with Crippen molar-refractivity contribution in [3.63, 3.8) is 0 Å². The second-order valence-corrected chi connectivity index (χ2v) is 10.3. The predicted molar refractivity (Wildman–Crippen MR) is 132 cm³/mol. The Morgan fingerprint density at radius 1 is 0.424 bits per heavy atom. The summed E-state index contributed by atoms with van der Waals surface area (Å²) >= 11 is -0.293. The Hall–Kier alpha value is -2.33. The van der Waals surface area contributed by atoms with Crippen molar-refractivity contribution < 1.29 is 47.3 Å². The Bertz CT molecular complexity index is 670. The van der Waals surface area contributed by atoms with Crippen molar-refractivity contribution in [3.8, 4) is 0 Å². The number of allylic oxidation sites excluding steroid dienone is 8. The van der Waals surface area contributed by atoms with E-state index in [-0.39, 0.29) is 29.4 Å². The monoisotopic (exact) mass is 548 g/mol. The summed E-state index contributed by atoms with van der Waals surface area (Å²) in [5, 5.41) is 0. The van der Waals surface area contributed by atoms with Crippen molar-refractivity contribution in [1.82, 2.24) is 0 Å². The van der Waals surface area contributed by atoms with Gasteiger partial charge in [-0.3, -0.25) is 0 Å². The molecule has 0 unspecified atom stereocenters. The first-order valence-electron chi connectivity index (χ1n) is 9.64. The summed E-state index contributed by atoms with van der Waals surface area (Å²) in [4.78, 5) is 48.0. The first kappa shape index (κ1) is 41.0. The molecule has 2 aliphatic rings. The Morgan fingerprint density at radius 2 is 0.606 bits per heavy atom. The Kier molecular flexibility index (Phi) is 25.2. The van der Waals surface area contributed by atoms with E-state index in [2.05, 4.69) is 69.2 Å². The molecule has 0 saturated carbocycles. The predicted octanol–water partition coefficient (Wildman–Crippen LogP) is 5.26. The van der Waals surface area contributed by atoms with Crippen molar-refractivity contribution in [1.29, 1.82) is 0 Å². The number of hydrogen-bond donors (Lipinski definition) is 0. The van der Waals surface area contributed by atoms with Gasteiger partial charge in [0.15, 0.2) is 0 Å². The second kappa shape index (κ2) is 20.3. The molecule has 0 bridgehead atoms. The van der Waals surface area contributed by atoms with Crippen LogP contribution in [0.5, 0.6) is 0 Å². The molecule has 0 amide bonds. The third-order valence-electron chi connectivity index (χ3n) is 6.15. The van der Waals surface area contributed by atoms with Gasteiger partial charge in [0, 0.05) is 0 Å². The number of carbonyl (C=O) groups is 6. The summed E-state index contributed by atoms with van der Waals surface area (Å²) in [6.07, 6.45) is 0. The van der Waals surface area contributed by atoms with Crippen molar-refractivity contribution in [2.45, 2.75) is 69.2 Å². The van der Waals surface area contributed by atoms with Crippen LogP contribution < -0.4 is 0 Å². The van der Waals surface area contributed by atoms with Gasteiger partial charge in [0.2, 0.25) is 0 Å². The third kappa shape index (κ3) is 9.21. The van der Waals surface area contributed by atoms with Crippen LogP contribution in [-0.4, -0.2) is 40.7 Å². The Labute approximate surface area is 209 Å². The van der Waals surface area contributed by atoms with Crippen molar-refractivity contribution in [2.24, 2.45) is 10.8 Å². The van der Waals surface area contributed by atoms with Gasteiger partial charge in [0.25, 0.3) is 0 Å². The zero-order valence-electron chi connectivity index (χ0n) is 22.1. The van der Waals surface area contributed by atoms with E-state index in [1.165, 1.54) is 11.1 Å². The van der Waals surface area contributed by atoms with Crippen molar-refractivity contribution in [3.05, 3.63) is 41.4 Å². The van der Waals surface area contributed by atoms with E-state index in [0.29, 0.717) is 0 Å². The summed E-state index contributed by atoms with van der Waals surface area (Å²) in [5.41, 5.74) is 9.93. The van der Waals surface area contributed by atoms with Crippen LogP contribution in [0.1, 0.15) is 69.2 Å². The topological polar surface area (TPSA) is 102 Å². The fourth-order valence-corrected chi connectivity index (χ4v) is 7.64. The summed E-state index contributed by atoms with van der Waals surface area (Å²) in [5.74, 6) is 0. The van der Waals surface area contributed by atoms with E-state index in [9.17, 15) is 0 Å². The van der Waals surface area contributed by atoms with Gasteiger partial charge in [-0.2, -0.15) is 0 Å². The second-order valence-electron chi connectivity index (χ2n) is 7.76. The summed E-state index contributed by atoms with van der Waals surface area (Å²) in [6.45, 7) is 35.7. The Balaban J connectivity index is -0.000000189. The van der Waals surface area contributed by atoms with E-state index in [1.807, 2.05) is 40.7 Å². The van der Waals surface area contributed by atoms with Crippen LogP contribution in [0.3, 0.4) is 0 Å². The molecule has 6 nitrogen and oxygen atoms in total. The average Bonchev–Trinajstić information content (AvgIpc) is 3.11. The van der Waals surface area contributed by atoms with E-state index in [0.717, 1.165) is 0 Å². The fourth-order valence-electron chi connectivity index (χ4n) is 3.63. The van der Waals surface area contributed by atoms with E-state index in [4.69, 9.17) is 28.8 Å². The minimum atomic E-state index is -0.293.